The average molecular weight is 255 g/mol. The van der Waals surface area contributed by atoms with Gasteiger partial charge in [-0.05, 0) is 19.1 Å². The summed E-state index contributed by atoms with van der Waals surface area (Å²) in [6.45, 7) is 1.70. The summed E-state index contributed by atoms with van der Waals surface area (Å²) in [4.78, 5) is 10.5. The molecule has 0 unspecified atom stereocenters. The molecule has 1 aliphatic rings. The number of hydrogen-bond acceptors (Lipinski definition) is 4. The van der Waals surface area contributed by atoms with Gasteiger partial charge in [-0.2, -0.15) is 0 Å². The fourth-order valence-corrected chi connectivity index (χ4v) is 2.01. The molecule has 1 aliphatic heterocycles. The van der Waals surface area contributed by atoms with E-state index in [1.807, 2.05) is 12.1 Å². The van der Waals surface area contributed by atoms with Gasteiger partial charge in [0.2, 0.25) is 0 Å². The molecule has 0 aliphatic carbocycles. The normalized spacial score (nSPS) is 12.6. The van der Waals surface area contributed by atoms with Crippen LogP contribution in [-0.2, 0) is 0 Å². The molecule has 2 aromatic carbocycles. The van der Waals surface area contributed by atoms with Gasteiger partial charge in [0, 0.05) is 17.1 Å². The standard InChI is InChI=1S/C13H10BNO4/c1-9-6-7-10(8-11(9)15(16)17)14-18-12-4-2-3-5-13(12)19-14/h2-8H,1H3. The lowest BCUT2D eigenvalue weighted by molar-refractivity contribution is -0.385. The average Bonchev–Trinajstić information content (AvgIpc) is 2.82. The second kappa shape index (κ2) is 4.31. The van der Waals surface area contributed by atoms with Gasteiger partial charge in [0.25, 0.3) is 5.69 Å². The van der Waals surface area contributed by atoms with Gasteiger partial charge in [-0.1, -0.05) is 24.3 Å². The van der Waals surface area contributed by atoms with Crippen molar-refractivity contribution in [2.45, 2.75) is 6.92 Å². The number of aryl methyl sites for hydroxylation is 1. The Morgan fingerprint density at radius 1 is 1.11 bits per heavy atom. The van der Waals surface area contributed by atoms with Crippen molar-refractivity contribution in [3.05, 3.63) is 58.1 Å². The highest BCUT2D eigenvalue weighted by Gasteiger charge is 2.35. The van der Waals surface area contributed by atoms with Crippen LogP contribution in [0.4, 0.5) is 5.69 Å². The van der Waals surface area contributed by atoms with Crippen molar-refractivity contribution in [1.82, 2.24) is 0 Å². The quantitative estimate of drug-likeness (QED) is 0.468. The first-order valence-electron chi connectivity index (χ1n) is 5.82. The third-order valence-electron chi connectivity index (χ3n) is 3.02. The Morgan fingerprint density at radius 2 is 1.74 bits per heavy atom. The summed E-state index contributed by atoms with van der Waals surface area (Å²) in [6.07, 6.45) is 0. The molecule has 2 aromatic rings. The van der Waals surface area contributed by atoms with Crippen molar-refractivity contribution in [3.8, 4) is 11.5 Å². The van der Waals surface area contributed by atoms with Gasteiger partial charge in [-0.25, -0.2) is 0 Å². The van der Waals surface area contributed by atoms with Crippen LogP contribution in [0.3, 0.4) is 0 Å². The van der Waals surface area contributed by atoms with Gasteiger partial charge >= 0.3 is 7.12 Å². The number of nitrogens with zero attached hydrogens (tertiary/aromatic N) is 1. The van der Waals surface area contributed by atoms with E-state index in [0.29, 0.717) is 22.5 Å². The Balaban J connectivity index is 1.93. The largest absolute Gasteiger partial charge is 0.633 e. The van der Waals surface area contributed by atoms with Gasteiger partial charge < -0.3 is 9.31 Å². The lowest BCUT2D eigenvalue weighted by atomic mass is 9.78. The van der Waals surface area contributed by atoms with E-state index in [1.54, 1.807) is 31.2 Å². The molecule has 0 N–H and O–H groups in total. The first kappa shape index (κ1) is 11.6. The van der Waals surface area contributed by atoms with Gasteiger partial charge in [-0.3, -0.25) is 10.1 Å². The maximum atomic E-state index is 10.9. The minimum atomic E-state index is -0.628. The van der Waals surface area contributed by atoms with Crippen LogP contribution < -0.4 is 14.8 Å². The molecule has 0 aromatic heterocycles. The number of fused-ring (bicyclic) bond motifs is 1. The van der Waals surface area contributed by atoms with Gasteiger partial charge in [0.15, 0.2) is 0 Å². The molecule has 0 spiro atoms. The van der Waals surface area contributed by atoms with E-state index in [0.717, 1.165) is 0 Å². The summed E-state index contributed by atoms with van der Waals surface area (Å²) in [6, 6.07) is 12.3. The second-order valence-corrected chi connectivity index (χ2v) is 4.32. The van der Waals surface area contributed by atoms with Crippen LogP contribution in [0.15, 0.2) is 42.5 Å². The number of benzene rings is 2. The number of para-hydroxylation sites is 2. The van der Waals surface area contributed by atoms with Crippen LogP contribution in [0.5, 0.6) is 11.5 Å². The number of nitro groups is 1. The molecule has 0 bridgehead atoms. The lowest BCUT2D eigenvalue weighted by Crippen LogP contribution is -2.39. The first-order chi connectivity index (χ1) is 9.15. The van der Waals surface area contributed by atoms with E-state index in [4.69, 9.17) is 9.31 Å². The highest BCUT2D eigenvalue weighted by molar-refractivity contribution is 6.63. The van der Waals surface area contributed by atoms with Crippen molar-refractivity contribution in [2.24, 2.45) is 0 Å². The molecule has 1 heterocycles. The fraction of sp³-hybridized carbons (Fsp3) is 0.0769. The smallest absolute Gasteiger partial charge is 0.519 e. The van der Waals surface area contributed by atoms with Crippen molar-refractivity contribution >= 4 is 18.3 Å². The van der Waals surface area contributed by atoms with Crippen molar-refractivity contribution < 1.29 is 14.2 Å². The Morgan fingerprint density at radius 3 is 2.32 bits per heavy atom. The Labute approximate surface area is 110 Å². The maximum absolute atomic E-state index is 10.9. The van der Waals surface area contributed by atoms with Crippen LogP contribution in [0.25, 0.3) is 0 Å². The summed E-state index contributed by atoms with van der Waals surface area (Å²) in [7, 11) is -0.628. The predicted molar refractivity (Wildman–Crippen MR) is 70.9 cm³/mol. The molecule has 0 fully saturated rings. The third kappa shape index (κ3) is 2.01. The fourth-order valence-electron chi connectivity index (χ4n) is 2.01. The van der Waals surface area contributed by atoms with E-state index in [2.05, 4.69) is 0 Å². The maximum Gasteiger partial charge on any atom is 0.633 e. The molecule has 0 saturated carbocycles. The second-order valence-electron chi connectivity index (χ2n) is 4.32. The summed E-state index contributed by atoms with van der Waals surface area (Å²) in [5, 5.41) is 10.9. The molecule has 94 valence electrons. The highest BCUT2D eigenvalue weighted by atomic mass is 16.6. The minimum absolute atomic E-state index is 0.0701. The van der Waals surface area contributed by atoms with E-state index in [1.165, 1.54) is 6.07 Å². The molecule has 3 rings (SSSR count). The lowest BCUT2D eigenvalue weighted by Gasteiger charge is -2.05. The molecule has 6 heteroatoms. The third-order valence-corrected chi connectivity index (χ3v) is 3.02. The molecule has 19 heavy (non-hydrogen) atoms. The van der Waals surface area contributed by atoms with Gasteiger partial charge in [0.1, 0.15) is 11.5 Å². The summed E-state index contributed by atoms with van der Waals surface area (Å²) in [5.41, 5.74) is 1.32. The SMILES string of the molecule is Cc1ccc(B2Oc3ccccc3O2)cc1[N+](=O)[O-]. The zero-order valence-corrected chi connectivity index (χ0v) is 10.2. The Kier molecular flexibility index (Phi) is 2.63. The number of hydrogen-bond donors (Lipinski definition) is 0. The van der Waals surface area contributed by atoms with Gasteiger partial charge in [0.05, 0.1) is 4.92 Å². The molecular weight excluding hydrogens is 245 g/mol. The summed E-state index contributed by atoms with van der Waals surface area (Å²) >= 11 is 0. The number of rotatable bonds is 2. The molecular formula is C13H10BNO4. The highest BCUT2D eigenvalue weighted by Crippen LogP contribution is 2.32. The van der Waals surface area contributed by atoms with Crippen LogP contribution >= 0.6 is 0 Å². The van der Waals surface area contributed by atoms with Crippen LogP contribution in [0.2, 0.25) is 0 Å². The Bertz CT molecular complexity index is 634. The van der Waals surface area contributed by atoms with Crippen molar-refractivity contribution in [3.63, 3.8) is 0 Å². The van der Waals surface area contributed by atoms with Gasteiger partial charge in [-0.15, -0.1) is 0 Å². The molecule has 0 atom stereocenters. The van der Waals surface area contributed by atoms with E-state index in [-0.39, 0.29) is 5.69 Å². The summed E-state index contributed by atoms with van der Waals surface area (Å²) in [5.74, 6) is 1.30. The molecule has 0 saturated heterocycles. The van der Waals surface area contributed by atoms with E-state index < -0.39 is 12.0 Å². The molecule has 0 amide bonds. The summed E-state index contributed by atoms with van der Waals surface area (Å²) < 4.78 is 11.2. The Hall–Kier alpha value is -2.50. The first-order valence-corrected chi connectivity index (χ1v) is 5.82. The van der Waals surface area contributed by atoms with Crippen molar-refractivity contribution in [2.75, 3.05) is 0 Å². The monoisotopic (exact) mass is 255 g/mol. The predicted octanol–water partition coefficient (Wildman–Crippen LogP) is 2.07. The van der Waals surface area contributed by atoms with Crippen LogP contribution in [-0.4, -0.2) is 12.0 Å². The topological polar surface area (TPSA) is 61.6 Å². The zero-order valence-electron chi connectivity index (χ0n) is 10.2. The molecule has 0 radical (unpaired) electrons. The van der Waals surface area contributed by atoms with E-state index >= 15 is 0 Å². The van der Waals surface area contributed by atoms with Crippen molar-refractivity contribution in [1.29, 1.82) is 0 Å². The molecule has 5 nitrogen and oxygen atoms in total. The van der Waals surface area contributed by atoms with E-state index in [9.17, 15) is 10.1 Å². The minimum Gasteiger partial charge on any atom is -0.519 e. The van der Waals surface area contributed by atoms with Crippen LogP contribution in [0, 0.1) is 17.0 Å². The number of nitro benzene ring substituents is 1. The zero-order chi connectivity index (χ0) is 13.4. The van der Waals surface area contributed by atoms with Crippen LogP contribution in [0.1, 0.15) is 5.56 Å².